The topological polar surface area (TPSA) is 32.8 Å². The number of nitrogens with zero attached hydrogens (tertiary/aromatic N) is 2. The zero-order valence-electron chi connectivity index (χ0n) is 20.5. The minimum Gasteiger partial charge on any atom is -0.457 e. The molecule has 0 bridgehead atoms. The minimum absolute atomic E-state index is 0.247. The van der Waals surface area contributed by atoms with Gasteiger partial charge in [0, 0.05) is 23.8 Å². The van der Waals surface area contributed by atoms with Crippen molar-refractivity contribution in [2.75, 3.05) is 11.4 Å². The molecule has 1 heterocycles. The first-order chi connectivity index (χ1) is 18.2. The molecule has 1 saturated heterocycles. The van der Waals surface area contributed by atoms with E-state index in [0.717, 1.165) is 23.3 Å². The van der Waals surface area contributed by atoms with Crippen LogP contribution in [0.1, 0.15) is 28.3 Å². The van der Waals surface area contributed by atoms with E-state index < -0.39 is 17.8 Å². The van der Waals surface area contributed by atoms with Gasteiger partial charge in [-0.25, -0.2) is 4.79 Å². The summed E-state index contributed by atoms with van der Waals surface area (Å²) in [5.41, 5.74) is 2.26. The molecule has 38 heavy (non-hydrogen) atoms. The fourth-order valence-electron chi connectivity index (χ4n) is 4.60. The first-order valence-corrected chi connectivity index (χ1v) is 12.4. The smallest absolute Gasteiger partial charge is 0.416 e. The number of carbonyl (C=O) groups excluding carboxylic acids is 1. The second-order valence-electron chi connectivity index (χ2n) is 9.21. The number of benzene rings is 4. The van der Waals surface area contributed by atoms with Crippen LogP contribution in [-0.4, -0.2) is 17.5 Å². The Morgan fingerprint density at radius 1 is 0.895 bits per heavy atom. The average molecular weight is 537 g/mol. The van der Waals surface area contributed by atoms with Crippen LogP contribution < -0.4 is 9.64 Å². The molecule has 0 N–H and O–H groups in total. The third-order valence-corrected chi connectivity index (χ3v) is 6.65. The highest BCUT2D eigenvalue weighted by Gasteiger charge is 2.40. The molecule has 0 radical (unpaired) electrons. The minimum atomic E-state index is -4.48. The van der Waals surface area contributed by atoms with Crippen molar-refractivity contribution in [2.45, 2.75) is 25.7 Å². The Morgan fingerprint density at radius 2 is 1.55 bits per heavy atom. The number of anilines is 1. The number of amides is 2. The molecule has 0 spiro atoms. The Balaban J connectivity index is 1.46. The lowest BCUT2D eigenvalue weighted by Gasteiger charge is -2.24. The molecule has 1 unspecified atom stereocenters. The summed E-state index contributed by atoms with van der Waals surface area (Å²) in [7, 11) is 0. The lowest BCUT2D eigenvalue weighted by Crippen LogP contribution is -2.32. The van der Waals surface area contributed by atoms with Gasteiger partial charge in [0.15, 0.2) is 0 Å². The molecular weight excluding hydrogens is 513 g/mol. The van der Waals surface area contributed by atoms with Gasteiger partial charge in [-0.3, -0.25) is 4.90 Å². The van der Waals surface area contributed by atoms with Crippen molar-refractivity contribution in [3.05, 3.63) is 124 Å². The molecule has 2 amide bonds. The van der Waals surface area contributed by atoms with E-state index in [1.54, 1.807) is 64.4 Å². The van der Waals surface area contributed by atoms with E-state index in [1.807, 2.05) is 31.2 Å². The van der Waals surface area contributed by atoms with Crippen molar-refractivity contribution in [1.82, 2.24) is 4.90 Å². The second kappa shape index (κ2) is 10.4. The molecular formula is C30H24ClF3N2O2. The summed E-state index contributed by atoms with van der Waals surface area (Å²) in [5, 5.41) is 0.594. The largest absolute Gasteiger partial charge is 0.457 e. The summed E-state index contributed by atoms with van der Waals surface area (Å²) < 4.78 is 46.3. The van der Waals surface area contributed by atoms with Gasteiger partial charge in [-0.15, -0.1) is 0 Å². The van der Waals surface area contributed by atoms with Crippen LogP contribution in [0, 0.1) is 6.92 Å². The van der Waals surface area contributed by atoms with Gasteiger partial charge in [-0.1, -0.05) is 53.6 Å². The number of rotatable bonds is 6. The summed E-state index contributed by atoms with van der Waals surface area (Å²) in [5.74, 6) is 1.15. The quantitative estimate of drug-likeness (QED) is 0.247. The van der Waals surface area contributed by atoms with Crippen LogP contribution in [-0.2, 0) is 12.7 Å². The van der Waals surface area contributed by atoms with Crippen LogP contribution in [0.3, 0.4) is 0 Å². The van der Waals surface area contributed by atoms with Crippen molar-refractivity contribution in [3.63, 3.8) is 0 Å². The normalized spacial score (nSPS) is 15.7. The third kappa shape index (κ3) is 5.63. The molecule has 0 aliphatic carbocycles. The Bertz CT molecular complexity index is 1440. The molecule has 0 aromatic heterocycles. The summed E-state index contributed by atoms with van der Waals surface area (Å²) in [6.07, 6.45) is -4.48. The van der Waals surface area contributed by atoms with E-state index in [9.17, 15) is 18.0 Å². The highest BCUT2D eigenvalue weighted by molar-refractivity contribution is 6.30. The zero-order valence-corrected chi connectivity index (χ0v) is 21.2. The van der Waals surface area contributed by atoms with Crippen LogP contribution in [0.4, 0.5) is 23.7 Å². The van der Waals surface area contributed by atoms with Crippen LogP contribution in [0.15, 0.2) is 97.1 Å². The number of urea groups is 1. The van der Waals surface area contributed by atoms with Crippen LogP contribution in [0.2, 0.25) is 5.02 Å². The summed E-state index contributed by atoms with van der Waals surface area (Å²) in [4.78, 5) is 16.9. The molecule has 4 aromatic rings. The third-order valence-electron chi connectivity index (χ3n) is 6.40. The maximum Gasteiger partial charge on any atom is 0.416 e. The summed E-state index contributed by atoms with van der Waals surface area (Å²) in [6.45, 7) is 2.57. The fourth-order valence-corrected chi connectivity index (χ4v) is 4.72. The van der Waals surface area contributed by atoms with E-state index in [-0.39, 0.29) is 12.6 Å². The van der Waals surface area contributed by atoms with Gasteiger partial charge < -0.3 is 9.64 Å². The van der Waals surface area contributed by atoms with Crippen LogP contribution in [0.25, 0.3) is 0 Å². The highest BCUT2D eigenvalue weighted by atomic mass is 35.5. The SMILES string of the molecule is Cc1cccc(CN2CC(c3cccc(C(F)(F)F)c3)N(c3ccc(Oc4ccc(Cl)cc4)cc3)C2=O)c1. The second-order valence-corrected chi connectivity index (χ2v) is 9.65. The predicted molar refractivity (Wildman–Crippen MR) is 142 cm³/mol. The lowest BCUT2D eigenvalue weighted by molar-refractivity contribution is -0.137. The van der Waals surface area contributed by atoms with Gasteiger partial charge in [0.2, 0.25) is 0 Å². The van der Waals surface area contributed by atoms with E-state index in [0.29, 0.717) is 34.3 Å². The average Bonchev–Trinajstić information content (AvgIpc) is 3.21. The molecule has 4 nitrogen and oxygen atoms in total. The Labute approximate surface area is 223 Å². The van der Waals surface area contributed by atoms with Crippen LogP contribution in [0.5, 0.6) is 11.5 Å². The van der Waals surface area contributed by atoms with Crippen molar-refractivity contribution in [3.8, 4) is 11.5 Å². The van der Waals surface area contributed by atoms with E-state index in [2.05, 4.69) is 0 Å². The van der Waals surface area contributed by atoms with Crippen molar-refractivity contribution < 1.29 is 22.7 Å². The number of ether oxygens (including phenoxy) is 1. The number of hydrogen-bond donors (Lipinski definition) is 0. The highest BCUT2D eigenvalue weighted by Crippen LogP contribution is 2.38. The van der Waals surface area contributed by atoms with Crippen LogP contribution >= 0.6 is 11.6 Å². The molecule has 194 valence electrons. The molecule has 0 saturated carbocycles. The van der Waals surface area contributed by atoms with E-state index >= 15 is 0 Å². The summed E-state index contributed by atoms with van der Waals surface area (Å²) >= 11 is 5.93. The monoisotopic (exact) mass is 536 g/mol. The summed E-state index contributed by atoms with van der Waals surface area (Å²) in [6, 6.07) is 26.0. The maximum absolute atomic E-state index is 13.7. The first kappa shape index (κ1) is 25.7. The van der Waals surface area contributed by atoms with Gasteiger partial charge in [-0.05, 0) is 78.7 Å². The predicted octanol–water partition coefficient (Wildman–Crippen LogP) is 8.64. The standard InChI is InChI=1S/C30H24ClF3N2O2/c1-20-4-2-5-21(16-20)18-35-19-28(22-6-3-7-23(17-22)30(32,33)34)36(29(35)37)25-10-14-27(15-11-25)38-26-12-8-24(31)9-13-26/h2-17,28H,18-19H2,1H3. The fraction of sp³-hybridized carbons (Fsp3) is 0.167. The Hall–Kier alpha value is -3.97. The number of carbonyl (C=O) groups is 1. The molecule has 8 heteroatoms. The zero-order chi connectivity index (χ0) is 26.9. The number of hydrogen-bond acceptors (Lipinski definition) is 2. The Morgan fingerprint density at radius 3 is 2.21 bits per heavy atom. The number of alkyl halides is 3. The maximum atomic E-state index is 13.7. The van der Waals surface area contributed by atoms with Gasteiger partial charge in [0.25, 0.3) is 0 Å². The molecule has 1 aliphatic heterocycles. The van der Waals surface area contributed by atoms with Crippen molar-refractivity contribution >= 4 is 23.3 Å². The van der Waals surface area contributed by atoms with Crippen molar-refractivity contribution in [2.24, 2.45) is 0 Å². The number of aryl methyl sites for hydroxylation is 1. The van der Waals surface area contributed by atoms with Gasteiger partial charge in [0.05, 0.1) is 11.6 Å². The molecule has 5 rings (SSSR count). The van der Waals surface area contributed by atoms with E-state index in [1.165, 1.54) is 6.07 Å². The molecule has 1 fully saturated rings. The van der Waals surface area contributed by atoms with Gasteiger partial charge >= 0.3 is 12.2 Å². The lowest BCUT2D eigenvalue weighted by atomic mass is 10.0. The molecule has 1 aliphatic rings. The number of halogens is 4. The Kier molecular flexibility index (Phi) is 7.04. The van der Waals surface area contributed by atoms with Gasteiger partial charge in [-0.2, -0.15) is 13.2 Å². The molecule has 4 aromatic carbocycles. The molecule has 1 atom stereocenters. The van der Waals surface area contributed by atoms with E-state index in [4.69, 9.17) is 16.3 Å². The first-order valence-electron chi connectivity index (χ1n) is 12.0. The van der Waals surface area contributed by atoms with Gasteiger partial charge in [0.1, 0.15) is 11.5 Å². The van der Waals surface area contributed by atoms with Crippen molar-refractivity contribution in [1.29, 1.82) is 0 Å².